The summed E-state index contributed by atoms with van der Waals surface area (Å²) in [4.78, 5) is 20.6. The maximum Gasteiger partial charge on any atom is 0.311 e. The van der Waals surface area contributed by atoms with Gasteiger partial charge in [0.05, 0.1) is 17.6 Å². The second-order valence-corrected chi connectivity index (χ2v) is 6.66. The zero-order chi connectivity index (χ0) is 18.6. The van der Waals surface area contributed by atoms with E-state index in [0.29, 0.717) is 12.2 Å². The van der Waals surface area contributed by atoms with E-state index in [1.165, 1.54) is 38.5 Å². The second kappa shape index (κ2) is 11.4. The first-order chi connectivity index (χ1) is 12.7. The molecular formula is C22H30N2O2. The van der Waals surface area contributed by atoms with Crippen LogP contribution in [0.4, 0.5) is 0 Å². The summed E-state index contributed by atoms with van der Waals surface area (Å²) in [5.74, 6) is 0.374. The van der Waals surface area contributed by atoms with Crippen LogP contribution in [0.5, 0.6) is 5.75 Å². The SMILES string of the molecule is CCCCCCCCc1cnc(-c2ccc(OC(=O)CCC)cc2)cn1. The summed E-state index contributed by atoms with van der Waals surface area (Å²) >= 11 is 0. The van der Waals surface area contributed by atoms with Crippen molar-refractivity contribution in [3.63, 3.8) is 0 Å². The quantitative estimate of drug-likeness (QED) is 0.293. The zero-order valence-electron chi connectivity index (χ0n) is 16.0. The molecule has 0 unspecified atom stereocenters. The minimum absolute atomic E-state index is 0.195. The highest BCUT2D eigenvalue weighted by molar-refractivity contribution is 5.72. The van der Waals surface area contributed by atoms with Gasteiger partial charge in [0.15, 0.2) is 0 Å². The fraction of sp³-hybridized carbons (Fsp3) is 0.500. The molecule has 0 aliphatic heterocycles. The lowest BCUT2D eigenvalue weighted by Gasteiger charge is -2.06. The molecule has 0 saturated carbocycles. The third kappa shape index (κ3) is 6.95. The van der Waals surface area contributed by atoms with Crippen LogP contribution >= 0.6 is 0 Å². The Morgan fingerprint density at radius 1 is 0.885 bits per heavy atom. The highest BCUT2D eigenvalue weighted by Gasteiger charge is 2.05. The molecule has 0 N–H and O–H groups in total. The normalized spacial score (nSPS) is 10.7. The number of hydrogen-bond donors (Lipinski definition) is 0. The van der Waals surface area contributed by atoms with Crippen LogP contribution in [0, 0.1) is 0 Å². The van der Waals surface area contributed by atoms with E-state index >= 15 is 0 Å². The maximum absolute atomic E-state index is 11.5. The van der Waals surface area contributed by atoms with Crippen molar-refractivity contribution in [2.24, 2.45) is 0 Å². The van der Waals surface area contributed by atoms with Crippen LogP contribution < -0.4 is 4.74 Å². The molecule has 1 aromatic heterocycles. The molecule has 4 nitrogen and oxygen atoms in total. The van der Waals surface area contributed by atoms with Crippen molar-refractivity contribution in [2.45, 2.75) is 71.6 Å². The topological polar surface area (TPSA) is 52.1 Å². The molecule has 0 amide bonds. The van der Waals surface area contributed by atoms with E-state index in [0.717, 1.165) is 29.8 Å². The number of unbranched alkanes of at least 4 members (excludes halogenated alkanes) is 5. The van der Waals surface area contributed by atoms with Gasteiger partial charge in [0.25, 0.3) is 0 Å². The number of nitrogens with zero attached hydrogens (tertiary/aromatic N) is 2. The van der Waals surface area contributed by atoms with E-state index in [1.807, 2.05) is 31.5 Å². The molecule has 2 aromatic rings. The van der Waals surface area contributed by atoms with Gasteiger partial charge in [-0.05, 0) is 43.5 Å². The van der Waals surface area contributed by atoms with Gasteiger partial charge in [0.2, 0.25) is 0 Å². The third-order valence-electron chi connectivity index (χ3n) is 4.33. The molecule has 0 saturated heterocycles. The molecule has 140 valence electrons. The minimum Gasteiger partial charge on any atom is -0.427 e. The Balaban J connectivity index is 1.83. The molecule has 1 heterocycles. The second-order valence-electron chi connectivity index (χ2n) is 6.66. The van der Waals surface area contributed by atoms with E-state index in [4.69, 9.17) is 4.74 Å². The van der Waals surface area contributed by atoms with Crippen LogP contribution in [0.25, 0.3) is 11.3 Å². The Bertz CT molecular complexity index is 651. The van der Waals surface area contributed by atoms with Gasteiger partial charge in [-0.25, -0.2) is 0 Å². The van der Waals surface area contributed by atoms with Crippen molar-refractivity contribution in [3.8, 4) is 17.0 Å². The molecule has 26 heavy (non-hydrogen) atoms. The van der Waals surface area contributed by atoms with Crippen molar-refractivity contribution >= 4 is 5.97 Å². The summed E-state index contributed by atoms with van der Waals surface area (Å²) in [6.07, 6.45) is 13.6. The first-order valence-electron chi connectivity index (χ1n) is 9.85. The molecule has 0 bridgehead atoms. The lowest BCUT2D eigenvalue weighted by atomic mass is 10.1. The Kier molecular flexibility index (Phi) is 8.81. The highest BCUT2D eigenvalue weighted by Crippen LogP contribution is 2.21. The highest BCUT2D eigenvalue weighted by atomic mass is 16.5. The van der Waals surface area contributed by atoms with Crippen LogP contribution in [0.15, 0.2) is 36.7 Å². The van der Waals surface area contributed by atoms with Gasteiger partial charge in [0, 0.05) is 18.2 Å². The third-order valence-corrected chi connectivity index (χ3v) is 4.33. The standard InChI is InChI=1S/C22H30N2O2/c1-3-5-6-7-8-9-11-19-16-24-21(17-23-19)18-12-14-20(15-13-18)26-22(25)10-4-2/h12-17H,3-11H2,1-2H3. The number of esters is 1. The van der Waals surface area contributed by atoms with Gasteiger partial charge in [0.1, 0.15) is 5.75 Å². The number of benzene rings is 1. The largest absolute Gasteiger partial charge is 0.427 e. The van der Waals surface area contributed by atoms with Gasteiger partial charge in [-0.2, -0.15) is 0 Å². The summed E-state index contributed by atoms with van der Waals surface area (Å²) < 4.78 is 5.27. The van der Waals surface area contributed by atoms with Gasteiger partial charge in [-0.3, -0.25) is 14.8 Å². The Hall–Kier alpha value is -2.23. The number of aryl methyl sites for hydroxylation is 1. The van der Waals surface area contributed by atoms with Crippen LogP contribution in [0.1, 0.15) is 70.9 Å². The summed E-state index contributed by atoms with van der Waals surface area (Å²) in [7, 11) is 0. The molecule has 4 heteroatoms. The van der Waals surface area contributed by atoms with Crippen LogP contribution in [-0.2, 0) is 11.2 Å². The fourth-order valence-corrected chi connectivity index (χ4v) is 2.80. The summed E-state index contributed by atoms with van der Waals surface area (Å²) in [5.41, 5.74) is 2.86. The predicted molar refractivity (Wildman–Crippen MR) is 105 cm³/mol. The van der Waals surface area contributed by atoms with Crippen molar-refractivity contribution in [2.75, 3.05) is 0 Å². The van der Waals surface area contributed by atoms with Crippen LogP contribution in [0.3, 0.4) is 0 Å². The number of aromatic nitrogens is 2. The monoisotopic (exact) mass is 354 g/mol. The van der Waals surface area contributed by atoms with Gasteiger partial charge in [-0.15, -0.1) is 0 Å². The number of hydrogen-bond acceptors (Lipinski definition) is 4. The average molecular weight is 354 g/mol. The Labute approximate surface area is 157 Å². The lowest BCUT2D eigenvalue weighted by Crippen LogP contribution is -2.06. The lowest BCUT2D eigenvalue weighted by molar-refractivity contribution is -0.134. The first-order valence-corrected chi connectivity index (χ1v) is 9.85. The van der Waals surface area contributed by atoms with Crippen molar-refractivity contribution in [1.82, 2.24) is 9.97 Å². The van der Waals surface area contributed by atoms with Crippen molar-refractivity contribution in [3.05, 3.63) is 42.4 Å². The summed E-state index contributed by atoms with van der Waals surface area (Å²) in [6.45, 7) is 4.20. The number of rotatable bonds is 11. The zero-order valence-corrected chi connectivity index (χ0v) is 16.0. The molecule has 0 spiro atoms. The van der Waals surface area contributed by atoms with E-state index < -0.39 is 0 Å². The van der Waals surface area contributed by atoms with Gasteiger partial charge < -0.3 is 4.74 Å². The van der Waals surface area contributed by atoms with Crippen LogP contribution in [-0.4, -0.2) is 15.9 Å². The molecule has 0 aliphatic carbocycles. The molecule has 1 aromatic carbocycles. The van der Waals surface area contributed by atoms with Crippen molar-refractivity contribution < 1.29 is 9.53 Å². The number of carbonyl (C=O) groups is 1. The Morgan fingerprint density at radius 3 is 2.27 bits per heavy atom. The molecule has 0 radical (unpaired) electrons. The molecule has 0 atom stereocenters. The average Bonchev–Trinajstić information content (AvgIpc) is 2.66. The number of carbonyl (C=O) groups excluding carboxylic acids is 1. The summed E-state index contributed by atoms with van der Waals surface area (Å²) in [6, 6.07) is 7.42. The molecule has 2 rings (SSSR count). The fourth-order valence-electron chi connectivity index (χ4n) is 2.80. The minimum atomic E-state index is -0.195. The smallest absolute Gasteiger partial charge is 0.311 e. The van der Waals surface area contributed by atoms with E-state index in [2.05, 4.69) is 16.9 Å². The number of ether oxygens (including phenoxy) is 1. The maximum atomic E-state index is 11.5. The Morgan fingerprint density at radius 2 is 1.62 bits per heavy atom. The molecule has 0 fully saturated rings. The van der Waals surface area contributed by atoms with Crippen molar-refractivity contribution in [1.29, 1.82) is 0 Å². The predicted octanol–water partition coefficient (Wildman–Crippen LogP) is 5.75. The summed E-state index contributed by atoms with van der Waals surface area (Å²) in [5, 5.41) is 0. The van der Waals surface area contributed by atoms with E-state index in [9.17, 15) is 4.79 Å². The van der Waals surface area contributed by atoms with Crippen LogP contribution in [0.2, 0.25) is 0 Å². The van der Waals surface area contributed by atoms with Gasteiger partial charge >= 0.3 is 5.97 Å². The van der Waals surface area contributed by atoms with E-state index in [1.54, 1.807) is 12.1 Å². The first kappa shape index (κ1) is 20.1. The van der Waals surface area contributed by atoms with Gasteiger partial charge in [-0.1, -0.05) is 46.0 Å². The molecule has 0 aliphatic rings. The molecular weight excluding hydrogens is 324 g/mol. The van der Waals surface area contributed by atoms with E-state index in [-0.39, 0.29) is 5.97 Å².